The summed E-state index contributed by atoms with van der Waals surface area (Å²) in [6, 6.07) is 13.6. The van der Waals surface area contributed by atoms with E-state index in [-0.39, 0.29) is 6.42 Å². The molecule has 0 aliphatic rings. The van der Waals surface area contributed by atoms with Crippen molar-refractivity contribution in [2.75, 3.05) is 13.7 Å². The second-order valence-electron chi connectivity index (χ2n) is 6.04. The average Bonchev–Trinajstić information content (AvgIpc) is 2.84. The van der Waals surface area contributed by atoms with Gasteiger partial charge in [-0.05, 0) is 36.8 Å². The zero-order chi connectivity index (χ0) is 18.7. The Kier molecular flexibility index (Phi) is 5.91. The van der Waals surface area contributed by atoms with Crippen LogP contribution in [0, 0.1) is 6.92 Å². The largest absolute Gasteiger partial charge is 0.481 e. The first-order chi connectivity index (χ1) is 12.5. The summed E-state index contributed by atoms with van der Waals surface area (Å²) in [6.07, 6.45) is 0.0264. The van der Waals surface area contributed by atoms with Crippen LogP contribution in [0.3, 0.4) is 0 Å². The molecule has 0 spiro atoms. The van der Waals surface area contributed by atoms with Crippen molar-refractivity contribution in [1.82, 2.24) is 4.57 Å². The summed E-state index contributed by atoms with van der Waals surface area (Å²) in [6.45, 7) is 3.46. The van der Waals surface area contributed by atoms with Gasteiger partial charge in [-0.25, -0.2) is 0 Å². The quantitative estimate of drug-likeness (QED) is 0.615. The SMILES string of the molecule is COCCn1c(C)c(Sc2cccc(CC(=O)O)c2)c2ccc(Cl)cc21. The summed E-state index contributed by atoms with van der Waals surface area (Å²) in [5.41, 5.74) is 3.02. The number of carboxylic acids is 1. The molecule has 6 heteroatoms. The summed E-state index contributed by atoms with van der Waals surface area (Å²) >= 11 is 7.86. The molecule has 0 saturated heterocycles. The van der Waals surface area contributed by atoms with Crippen LogP contribution in [0.15, 0.2) is 52.3 Å². The van der Waals surface area contributed by atoms with Crippen molar-refractivity contribution in [3.8, 4) is 0 Å². The average molecular weight is 390 g/mol. The number of hydrogen-bond acceptors (Lipinski definition) is 3. The summed E-state index contributed by atoms with van der Waals surface area (Å²) in [5, 5.41) is 10.8. The smallest absolute Gasteiger partial charge is 0.307 e. The van der Waals surface area contributed by atoms with E-state index in [1.165, 1.54) is 0 Å². The normalized spacial score (nSPS) is 11.2. The molecule has 0 aliphatic carbocycles. The lowest BCUT2D eigenvalue weighted by atomic mass is 10.2. The van der Waals surface area contributed by atoms with Crippen LogP contribution in [-0.4, -0.2) is 29.4 Å². The standard InChI is InChI=1S/C20H20ClNO3S/c1-13-20(26-16-5-3-4-14(10-16)11-19(23)24)17-7-6-15(21)12-18(17)22(13)8-9-25-2/h3-7,10,12H,8-9,11H2,1-2H3,(H,23,24). The molecule has 1 aromatic heterocycles. The minimum atomic E-state index is -0.825. The molecule has 0 unspecified atom stereocenters. The first-order valence-corrected chi connectivity index (χ1v) is 9.45. The van der Waals surface area contributed by atoms with Gasteiger partial charge in [0.25, 0.3) is 0 Å². The lowest BCUT2D eigenvalue weighted by Crippen LogP contribution is -2.05. The number of methoxy groups -OCH3 is 1. The number of halogens is 1. The molecule has 0 aliphatic heterocycles. The Morgan fingerprint density at radius 2 is 2.08 bits per heavy atom. The summed E-state index contributed by atoms with van der Waals surface area (Å²) in [5.74, 6) is -0.825. The van der Waals surface area contributed by atoms with Gasteiger partial charge >= 0.3 is 5.97 Å². The molecule has 3 rings (SSSR count). The number of aliphatic carboxylic acids is 1. The number of fused-ring (bicyclic) bond motifs is 1. The fraction of sp³-hybridized carbons (Fsp3) is 0.250. The zero-order valence-electron chi connectivity index (χ0n) is 14.7. The third-order valence-corrected chi connectivity index (χ3v) is 5.67. The third-order valence-electron chi connectivity index (χ3n) is 4.22. The maximum absolute atomic E-state index is 11.0. The molecule has 0 radical (unpaired) electrons. The van der Waals surface area contributed by atoms with Crippen LogP contribution in [0.5, 0.6) is 0 Å². The molecule has 0 amide bonds. The fourth-order valence-corrected chi connectivity index (χ4v) is 4.33. The van der Waals surface area contributed by atoms with E-state index >= 15 is 0 Å². The minimum absolute atomic E-state index is 0.0264. The Labute approximate surface area is 161 Å². The van der Waals surface area contributed by atoms with Crippen LogP contribution >= 0.6 is 23.4 Å². The topological polar surface area (TPSA) is 51.5 Å². The molecular formula is C20H20ClNO3S. The lowest BCUT2D eigenvalue weighted by Gasteiger charge is -2.08. The second kappa shape index (κ2) is 8.16. The van der Waals surface area contributed by atoms with Crippen molar-refractivity contribution in [2.24, 2.45) is 0 Å². The Balaban J connectivity index is 2.02. The van der Waals surface area contributed by atoms with Crippen molar-refractivity contribution in [3.05, 3.63) is 58.7 Å². The Hall–Kier alpha value is -1.95. The van der Waals surface area contributed by atoms with E-state index in [0.717, 1.165) is 38.5 Å². The molecular weight excluding hydrogens is 370 g/mol. The van der Waals surface area contributed by atoms with E-state index in [0.29, 0.717) is 11.6 Å². The number of carboxylic acid groups (broad SMARTS) is 1. The van der Waals surface area contributed by atoms with Gasteiger partial charge in [0.2, 0.25) is 0 Å². The molecule has 26 heavy (non-hydrogen) atoms. The van der Waals surface area contributed by atoms with Crippen molar-refractivity contribution in [1.29, 1.82) is 0 Å². The lowest BCUT2D eigenvalue weighted by molar-refractivity contribution is -0.136. The van der Waals surface area contributed by atoms with Crippen molar-refractivity contribution in [3.63, 3.8) is 0 Å². The van der Waals surface area contributed by atoms with E-state index in [2.05, 4.69) is 11.5 Å². The number of nitrogens with zero attached hydrogens (tertiary/aromatic N) is 1. The first-order valence-electron chi connectivity index (χ1n) is 8.25. The third kappa shape index (κ3) is 4.06. The van der Waals surface area contributed by atoms with Crippen LogP contribution in [0.2, 0.25) is 5.02 Å². The van der Waals surface area contributed by atoms with Gasteiger partial charge in [-0.3, -0.25) is 4.79 Å². The van der Waals surface area contributed by atoms with Crippen molar-refractivity contribution < 1.29 is 14.6 Å². The molecule has 2 aromatic carbocycles. The maximum Gasteiger partial charge on any atom is 0.307 e. The van der Waals surface area contributed by atoms with Crippen molar-refractivity contribution >= 4 is 40.2 Å². The van der Waals surface area contributed by atoms with Gasteiger partial charge in [0.15, 0.2) is 0 Å². The van der Waals surface area contributed by atoms with Gasteiger partial charge in [0, 0.05) is 39.5 Å². The summed E-state index contributed by atoms with van der Waals surface area (Å²) < 4.78 is 7.46. The monoisotopic (exact) mass is 389 g/mol. The number of benzene rings is 2. The highest BCUT2D eigenvalue weighted by atomic mass is 35.5. The first kappa shape index (κ1) is 18.8. The number of hydrogen-bond donors (Lipinski definition) is 1. The number of ether oxygens (including phenoxy) is 1. The van der Waals surface area contributed by atoms with E-state index in [1.54, 1.807) is 18.9 Å². The molecule has 4 nitrogen and oxygen atoms in total. The predicted molar refractivity (Wildman–Crippen MR) is 105 cm³/mol. The molecule has 0 saturated carbocycles. The van der Waals surface area contributed by atoms with Gasteiger partial charge in [-0.2, -0.15) is 0 Å². The highest BCUT2D eigenvalue weighted by Gasteiger charge is 2.16. The molecule has 136 valence electrons. The van der Waals surface area contributed by atoms with Gasteiger partial charge in [-0.15, -0.1) is 0 Å². The van der Waals surface area contributed by atoms with Crippen LogP contribution in [0.25, 0.3) is 10.9 Å². The summed E-state index contributed by atoms with van der Waals surface area (Å²) in [7, 11) is 1.69. The Morgan fingerprint density at radius 1 is 1.27 bits per heavy atom. The van der Waals surface area contributed by atoms with Crippen molar-refractivity contribution in [2.45, 2.75) is 29.7 Å². The van der Waals surface area contributed by atoms with Crippen LogP contribution in [-0.2, 0) is 22.5 Å². The van der Waals surface area contributed by atoms with E-state index in [4.69, 9.17) is 21.4 Å². The van der Waals surface area contributed by atoms with Crippen LogP contribution < -0.4 is 0 Å². The number of aromatic nitrogens is 1. The van der Waals surface area contributed by atoms with Crippen LogP contribution in [0.4, 0.5) is 0 Å². The summed E-state index contributed by atoms with van der Waals surface area (Å²) in [4.78, 5) is 13.1. The molecule has 1 heterocycles. The van der Waals surface area contributed by atoms with Gasteiger partial charge in [0.05, 0.1) is 18.5 Å². The van der Waals surface area contributed by atoms with Crippen LogP contribution in [0.1, 0.15) is 11.3 Å². The highest BCUT2D eigenvalue weighted by Crippen LogP contribution is 2.39. The van der Waals surface area contributed by atoms with E-state index < -0.39 is 5.97 Å². The second-order valence-corrected chi connectivity index (χ2v) is 7.56. The maximum atomic E-state index is 11.0. The van der Waals surface area contributed by atoms with E-state index in [9.17, 15) is 4.79 Å². The number of rotatable bonds is 7. The molecule has 3 aromatic rings. The van der Waals surface area contributed by atoms with Gasteiger partial charge in [0.1, 0.15) is 0 Å². The predicted octanol–water partition coefficient (Wildman–Crippen LogP) is 5.03. The zero-order valence-corrected chi connectivity index (χ0v) is 16.2. The van der Waals surface area contributed by atoms with Gasteiger partial charge in [-0.1, -0.05) is 41.6 Å². The molecule has 0 atom stereocenters. The minimum Gasteiger partial charge on any atom is -0.481 e. The van der Waals surface area contributed by atoms with E-state index in [1.807, 2.05) is 42.5 Å². The Bertz CT molecular complexity index is 952. The molecule has 0 fully saturated rings. The van der Waals surface area contributed by atoms with Gasteiger partial charge < -0.3 is 14.4 Å². The fourth-order valence-electron chi connectivity index (χ4n) is 3.03. The highest BCUT2D eigenvalue weighted by molar-refractivity contribution is 7.99. The molecule has 0 bridgehead atoms. The Morgan fingerprint density at radius 3 is 2.81 bits per heavy atom. The molecule has 1 N–H and O–H groups in total. The number of carbonyl (C=O) groups is 1.